The molecular formula is C57H63N9O15S. The van der Waals surface area contributed by atoms with Crippen molar-refractivity contribution >= 4 is 86.2 Å². The van der Waals surface area contributed by atoms with Crippen LogP contribution in [-0.2, 0) is 39.9 Å². The zero-order valence-electron chi connectivity index (χ0n) is 44.7. The first-order valence-electron chi connectivity index (χ1n) is 26.5. The number of unbranched alkanes of at least 4 members (excludes halogenated alkanes) is 2. The highest BCUT2D eigenvalue weighted by Gasteiger charge is 2.24. The molecule has 1 amide bonds. The first-order valence-corrected chi connectivity index (χ1v) is 26.9. The standard InChI is InChI=1S/C57H63N9O15S/c58-56-65-51-50(53(72)66-56)62-37(33-61-51)32-60-35-9-7-34(8-10-35)52(71)64-46(55(75)76)18-14-38(67)5-1-3-21-77-25-27-80-28-26-78-22-4-2-6-39(68)19-23-79-24-20-59-57(82)63-36-11-15-42(45(29-36)54(73)74)49-43-16-12-40(69)30-47(43)81-48-31-41(70)13-17-44(48)49/h7-13,15-17,29-31,33,46,60,69H,1-6,14,18-28,32H2,(H,64,71)(H,73,74)(H,75,76)(H2,59,63,82)(H3,58,61,65,66,72)/t46-/m0/s1. The van der Waals surface area contributed by atoms with Gasteiger partial charge in [-0.2, -0.15) is 4.98 Å². The van der Waals surface area contributed by atoms with Crippen molar-refractivity contribution in [2.45, 2.75) is 70.4 Å². The molecule has 0 radical (unpaired) electrons. The summed E-state index contributed by atoms with van der Waals surface area (Å²) in [4.78, 5) is 101. The van der Waals surface area contributed by atoms with Crippen molar-refractivity contribution in [1.29, 1.82) is 0 Å². The van der Waals surface area contributed by atoms with Gasteiger partial charge in [-0.25, -0.2) is 19.6 Å². The number of carboxylic acid groups (broad SMARTS) is 2. The number of benzene rings is 4. The van der Waals surface area contributed by atoms with Crippen LogP contribution in [0.1, 0.15) is 84.2 Å². The molecule has 0 fully saturated rings. The third kappa shape index (κ3) is 18.4. The van der Waals surface area contributed by atoms with Gasteiger partial charge in [0.2, 0.25) is 5.95 Å². The number of aromatic nitrogens is 4. The Morgan fingerprint density at radius 3 is 2.10 bits per heavy atom. The maximum Gasteiger partial charge on any atom is 0.336 e. The van der Waals surface area contributed by atoms with E-state index in [1.807, 2.05) is 0 Å². The van der Waals surface area contributed by atoms with E-state index in [0.29, 0.717) is 111 Å². The number of ether oxygens (including phenoxy) is 4. The number of aromatic hydroxyl groups is 1. The van der Waals surface area contributed by atoms with E-state index in [1.54, 1.807) is 36.4 Å². The molecule has 0 saturated carbocycles. The number of anilines is 3. The Kier molecular flexibility index (Phi) is 22.8. The molecule has 82 heavy (non-hydrogen) atoms. The van der Waals surface area contributed by atoms with Crippen molar-refractivity contribution < 1.29 is 62.7 Å². The number of aromatic amines is 1. The van der Waals surface area contributed by atoms with E-state index in [4.69, 9.17) is 41.3 Å². The lowest BCUT2D eigenvalue weighted by molar-refractivity contribution is -0.139. The maximum atomic E-state index is 12.9. The molecular weight excluding hydrogens is 1080 g/mol. The lowest BCUT2D eigenvalue weighted by Crippen LogP contribution is -2.41. The molecule has 1 aliphatic carbocycles. The molecule has 7 rings (SSSR count). The minimum Gasteiger partial charge on any atom is -0.508 e. The number of aliphatic carboxylic acids is 1. The van der Waals surface area contributed by atoms with Gasteiger partial charge in [-0.15, -0.1) is 0 Å². The number of hydrogen-bond donors (Lipinski definition) is 9. The van der Waals surface area contributed by atoms with Crippen LogP contribution in [0.4, 0.5) is 17.3 Å². The molecule has 0 saturated heterocycles. The molecule has 3 aromatic carbocycles. The predicted molar refractivity (Wildman–Crippen MR) is 307 cm³/mol. The van der Waals surface area contributed by atoms with E-state index in [9.17, 15) is 48.9 Å². The Morgan fingerprint density at radius 1 is 0.720 bits per heavy atom. The van der Waals surface area contributed by atoms with E-state index in [0.717, 1.165) is 6.42 Å². The van der Waals surface area contributed by atoms with Crippen LogP contribution in [0.15, 0.2) is 99.1 Å². The number of nitrogen functional groups attached to an aromatic ring is 1. The van der Waals surface area contributed by atoms with E-state index in [-0.39, 0.29) is 113 Å². The molecule has 2 aromatic heterocycles. The zero-order chi connectivity index (χ0) is 58.4. The van der Waals surface area contributed by atoms with E-state index in [1.165, 1.54) is 48.7 Å². The summed E-state index contributed by atoms with van der Waals surface area (Å²) in [5.74, 6) is -2.93. The summed E-state index contributed by atoms with van der Waals surface area (Å²) in [6.45, 7) is 3.54. The summed E-state index contributed by atoms with van der Waals surface area (Å²) >= 11 is 5.42. The van der Waals surface area contributed by atoms with Crippen LogP contribution in [0.25, 0.3) is 44.6 Å². The number of phenolic OH excluding ortho intramolecular Hbond substituents is 1. The fraction of sp³-hybridized carbons (Fsp3) is 0.351. The maximum absolute atomic E-state index is 12.9. The van der Waals surface area contributed by atoms with Crippen molar-refractivity contribution in [3.8, 4) is 28.2 Å². The van der Waals surface area contributed by atoms with Crippen LogP contribution >= 0.6 is 12.2 Å². The number of thiocarbonyl (C=S) groups is 1. The number of carbonyl (C=O) groups excluding carboxylic acids is 3. The first-order chi connectivity index (χ1) is 39.6. The van der Waals surface area contributed by atoms with E-state index < -0.39 is 29.4 Å². The second-order valence-electron chi connectivity index (χ2n) is 18.8. The van der Waals surface area contributed by atoms with Gasteiger partial charge in [0.05, 0.1) is 63.6 Å². The number of nitrogens with zero attached hydrogens (tertiary/aromatic N) is 3. The van der Waals surface area contributed by atoms with Crippen molar-refractivity contribution in [2.24, 2.45) is 0 Å². The van der Waals surface area contributed by atoms with Gasteiger partial charge < -0.3 is 65.7 Å². The molecule has 3 heterocycles. The number of rotatable bonds is 34. The Bertz CT molecular complexity index is 3470. The normalized spacial score (nSPS) is 11.6. The minimum absolute atomic E-state index is 0.00773. The predicted octanol–water partition coefficient (Wildman–Crippen LogP) is 6.07. The molecule has 1 aliphatic heterocycles. The molecule has 1 atom stereocenters. The summed E-state index contributed by atoms with van der Waals surface area (Å²) in [7, 11) is 0. The summed E-state index contributed by atoms with van der Waals surface area (Å²) in [5.41, 5.74) is 8.36. The van der Waals surface area contributed by atoms with Crippen LogP contribution < -0.4 is 38.0 Å². The van der Waals surface area contributed by atoms with E-state index in [2.05, 4.69) is 41.2 Å². The molecule has 2 aliphatic rings. The van der Waals surface area contributed by atoms with Crippen molar-refractivity contribution in [3.05, 3.63) is 122 Å². The lowest BCUT2D eigenvalue weighted by Gasteiger charge is -2.18. The summed E-state index contributed by atoms with van der Waals surface area (Å²) in [5, 5.41) is 42.4. The summed E-state index contributed by atoms with van der Waals surface area (Å²) in [6, 6.07) is 18.6. The first kappa shape index (κ1) is 60.9. The number of fused-ring (bicyclic) bond motifs is 3. The number of aromatic carboxylic acids is 1. The molecule has 0 unspecified atom stereocenters. The number of phenols is 1. The van der Waals surface area contributed by atoms with Gasteiger partial charge in [-0.3, -0.25) is 29.0 Å². The number of nitrogens with one attached hydrogen (secondary N) is 5. The highest BCUT2D eigenvalue weighted by atomic mass is 32.1. The van der Waals surface area contributed by atoms with Gasteiger partial charge in [-0.1, -0.05) is 6.07 Å². The van der Waals surface area contributed by atoms with Gasteiger partial charge in [0.25, 0.3) is 11.5 Å². The van der Waals surface area contributed by atoms with Crippen LogP contribution in [0.3, 0.4) is 0 Å². The van der Waals surface area contributed by atoms with Crippen molar-refractivity contribution in [3.63, 3.8) is 0 Å². The fourth-order valence-corrected chi connectivity index (χ4v) is 8.72. The molecule has 10 N–H and O–H groups in total. The summed E-state index contributed by atoms with van der Waals surface area (Å²) in [6.07, 6.45) is 4.93. The van der Waals surface area contributed by atoms with Crippen molar-refractivity contribution in [2.75, 3.05) is 75.8 Å². The molecule has 25 heteroatoms. The lowest BCUT2D eigenvalue weighted by atomic mass is 9.90. The Balaban J connectivity index is 0.651. The van der Waals surface area contributed by atoms with E-state index >= 15 is 0 Å². The number of carboxylic acids is 2. The smallest absolute Gasteiger partial charge is 0.336 e. The highest BCUT2D eigenvalue weighted by Crippen LogP contribution is 2.42. The molecule has 0 bridgehead atoms. The van der Waals surface area contributed by atoms with Gasteiger partial charge >= 0.3 is 11.9 Å². The van der Waals surface area contributed by atoms with Crippen LogP contribution in [0, 0.1) is 0 Å². The molecule has 5 aromatic rings. The van der Waals surface area contributed by atoms with Gasteiger partial charge in [0.15, 0.2) is 21.7 Å². The van der Waals surface area contributed by atoms with Gasteiger partial charge in [0, 0.05) is 91.0 Å². The Morgan fingerprint density at radius 2 is 1.39 bits per heavy atom. The third-order valence-corrected chi connectivity index (χ3v) is 12.9. The van der Waals surface area contributed by atoms with Crippen molar-refractivity contribution in [1.82, 2.24) is 30.6 Å². The number of carbonyl (C=O) groups is 5. The Labute approximate surface area is 474 Å². The fourth-order valence-electron chi connectivity index (χ4n) is 8.50. The SMILES string of the molecule is Nc1nc2ncc(CNc3ccc(C(=O)N[C@@H](CCC(=O)CCCCOCCOCCOCCCCC(=O)CCOCCNC(=S)Nc4ccc(-c5c6ccc(=O)cc-6oc6cc(O)ccc56)c(C(=O)O)c4)C(=O)O)cc3)nc2c(=O)[nH]1. The Hall–Kier alpha value is -8.75. The van der Waals surface area contributed by atoms with Crippen LogP contribution in [0.5, 0.6) is 5.75 Å². The number of ketones is 2. The second-order valence-corrected chi connectivity index (χ2v) is 19.2. The average Bonchev–Trinajstić information content (AvgIpc) is 3.63. The number of H-pyrrole nitrogens is 1. The molecule has 0 spiro atoms. The zero-order valence-corrected chi connectivity index (χ0v) is 45.5. The quantitative estimate of drug-likeness (QED) is 0.0125. The van der Waals surface area contributed by atoms with Gasteiger partial charge in [0.1, 0.15) is 34.7 Å². The molecule has 24 nitrogen and oxygen atoms in total. The van der Waals surface area contributed by atoms with Crippen LogP contribution in [-0.4, -0.2) is 135 Å². The number of hydrogen-bond acceptors (Lipinski definition) is 19. The second kappa shape index (κ2) is 30.7. The monoisotopic (exact) mass is 1150 g/mol. The third-order valence-electron chi connectivity index (χ3n) is 12.7. The number of nitrogens with two attached hydrogens (primary N) is 1. The number of Topliss-reactive ketones (excluding diaryl/α,β-unsaturated/α-hetero) is 2. The molecule has 432 valence electrons. The van der Waals surface area contributed by atoms with Crippen LogP contribution in [0.2, 0.25) is 0 Å². The van der Waals surface area contributed by atoms with Gasteiger partial charge in [-0.05, 0) is 111 Å². The summed E-state index contributed by atoms with van der Waals surface area (Å²) < 4.78 is 28.3. The topological polar surface area (TPSA) is 359 Å². The highest BCUT2D eigenvalue weighted by molar-refractivity contribution is 7.80. The minimum atomic E-state index is -1.25. The number of amides is 1. The average molecular weight is 1150 g/mol. The largest absolute Gasteiger partial charge is 0.508 e.